The van der Waals surface area contributed by atoms with Crippen LogP contribution in [0.15, 0.2) is 41.3 Å². The number of fused-ring (bicyclic) bond motifs is 3. The van der Waals surface area contributed by atoms with Crippen molar-refractivity contribution in [2.45, 2.75) is 50.5 Å². The van der Waals surface area contributed by atoms with Gasteiger partial charge in [-0.3, -0.25) is 14.8 Å². The van der Waals surface area contributed by atoms with Gasteiger partial charge in [0.1, 0.15) is 11.6 Å². The first-order valence-electron chi connectivity index (χ1n) is 12.0. The summed E-state index contributed by atoms with van der Waals surface area (Å²) in [6, 6.07) is 8.16. The first-order valence-corrected chi connectivity index (χ1v) is 12.0. The number of piperidine rings is 1. The van der Waals surface area contributed by atoms with Gasteiger partial charge in [0.05, 0.1) is 17.9 Å². The SMILES string of the molecule is O=c1[nH]c(N2CCC3(CC2)CN(Cc2ccccn2)c2cc(F)cc(F)c23)nc2c1CCCC2. The molecule has 3 aliphatic rings. The zero-order valence-electron chi connectivity index (χ0n) is 19.0. The Balaban J connectivity index is 1.29. The Hall–Kier alpha value is -3.29. The van der Waals surface area contributed by atoms with E-state index >= 15 is 4.39 Å². The second kappa shape index (κ2) is 8.18. The molecule has 6 rings (SSSR count). The first kappa shape index (κ1) is 21.3. The van der Waals surface area contributed by atoms with Gasteiger partial charge in [0, 0.05) is 54.1 Å². The molecule has 0 radical (unpaired) electrons. The number of pyridine rings is 1. The standard InChI is InChI=1S/C26H27F2N5O/c27-17-13-20(28)23-22(14-17)33(15-18-5-3-4-10-29-18)16-26(23)8-11-32(12-9-26)25-30-21-7-2-1-6-19(21)24(34)31-25/h3-5,10,13-14H,1-2,6-9,11-12,15-16H2,(H,30,31,34). The molecule has 1 spiro atoms. The molecule has 2 aromatic heterocycles. The Morgan fingerprint density at radius 3 is 2.71 bits per heavy atom. The number of halogens is 2. The molecule has 1 aliphatic carbocycles. The van der Waals surface area contributed by atoms with Crippen LogP contribution in [0.5, 0.6) is 0 Å². The maximum Gasteiger partial charge on any atom is 0.255 e. The average molecular weight is 464 g/mol. The monoisotopic (exact) mass is 463 g/mol. The quantitative estimate of drug-likeness (QED) is 0.639. The van der Waals surface area contributed by atoms with Crippen LogP contribution in [-0.4, -0.2) is 34.6 Å². The lowest BCUT2D eigenvalue weighted by molar-refractivity contribution is 0.337. The van der Waals surface area contributed by atoms with Crippen LogP contribution in [0, 0.1) is 11.6 Å². The summed E-state index contributed by atoms with van der Waals surface area (Å²) in [5, 5.41) is 0. The number of hydrogen-bond acceptors (Lipinski definition) is 5. The highest BCUT2D eigenvalue weighted by atomic mass is 19.1. The number of aryl methyl sites for hydroxylation is 1. The first-order chi connectivity index (χ1) is 16.5. The Labute approximate surface area is 196 Å². The van der Waals surface area contributed by atoms with Crippen molar-refractivity contribution < 1.29 is 8.78 Å². The van der Waals surface area contributed by atoms with E-state index in [4.69, 9.17) is 4.98 Å². The number of aromatic amines is 1. The van der Waals surface area contributed by atoms with E-state index in [0.717, 1.165) is 48.7 Å². The van der Waals surface area contributed by atoms with Crippen molar-refractivity contribution in [3.63, 3.8) is 0 Å². The zero-order chi connectivity index (χ0) is 23.3. The maximum atomic E-state index is 15.2. The van der Waals surface area contributed by atoms with Crippen LogP contribution in [0.3, 0.4) is 0 Å². The molecule has 1 aromatic carbocycles. The highest BCUT2D eigenvalue weighted by Crippen LogP contribution is 2.49. The smallest absolute Gasteiger partial charge is 0.255 e. The van der Waals surface area contributed by atoms with Gasteiger partial charge in [-0.15, -0.1) is 0 Å². The molecule has 4 heterocycles. The van der Waals surface area contributed by atoms with Crippen LogP contribution in [-0.2, 0) is 24.8 Å². The van der Waals surface area contributed by atoms with E-state index in [-0.39, 0.29) is 5.56 Å². The number of nitrogens with one attached hydrogen (secondary N) is 1. The lowest BCUT2D eigenvalue weighted by atomic mass is 9.74. The van der Waals surface area contributed by atoms with Gasteiger partial charge in [0.25, 0.3) is 5.56 Å². The van der Waals surface area contributed by atoms with Gasteiger partial charge in [0.2, 0.25) is 5.95 Å². The maximum absolute atomic E-state index is 15.2. The molecule has 2 aliphatic heterocycles. The van der Waals surface area contributed by atoms with E-state index in [1.165, 1.54) is 6.07 Å². The third-order valence-corrected chi connectivity index (χ3v) is 7.68. The Morgan fingerprint density at radius 1 is 1.09 bits per heavy atom. The lowest BCUT2D eigenvalue weighted by Crippen LogP contribution is -2.46. The van der Waals surface area contributed by atoms with Crippen molar-refractivity contribution >= 4 is 11.6 Å². The molecule has 6 nitrogen and oxygen atoms in total. The van der Waals surface area contributed by atoms with E-state index in [2.05, 4.69) is 19.8 Å². The normalized spacial score (nSPS) is 18.8. The molecule has 0 atom stereocenters. The Morgan fingerprint density at radius 2 is 1.91 bits per heavy atom. The molecule has 0 unspecified atom stereocenters. The van der Waals surface area contributed by atoms with E-state index in [1.807, 2.05) is 18.2 Å². The molecular formula is C26H27F2N5O. The number of nitrogens with zero attached hydrogens (tertiary/aromatic N) is 4. The lowest BCUT2D eigenvalue weighted by Gasteiger charge is -2.40. The fourth-order valence-corrected chi connectivity index (χ4v) is 5.99. The summed E-state index contributed by atoms with van der Waals surface area (Å²) in [6.07, 6.45) is 6.86. The van der Waals surface area contributed by atoms with Gasteiger partial charge in [-0.25, -0.2) is 13.8 Å². The fraction of sp³-hybridized carbons (Fsp3) is 0.423. The van der Waals surface area contributed by atoms with E-state index in [1.54, 1.807) is 6.20 Å². The summed E-state index contributed by atoms with van der Waals surface area (Å²) in [6.45, 7) is 2.41. The van der Waals surface area contributed by atoms with E-state index in [0.29, 0.717) is 56.2 Å². The second-order valence-corrected chi connectivity index (χ2v) is 9.75. The summed E-state index contributed by atoms with van der Waals surface area (Å²) in [5.74, 6) is -0.427. The van der Waals surface area contributed by atoms with Crippen molar-refractivity contribution in [2.75, 3.05) is 29.4 Å². The van der Waals surface area contributed by atoms with Gasteiger partial charge in [-0.05, 0) is 56.7 Å². The highest BCUT2D eigenvalue weighted by Gasteiger charge is 2.47. The summed E-state index contributed by atoms with van der Waals surface area (Å²) >= 11 is 0. The molecule has 176 valence electrons. The number of aromatic nitrogens is 3. The molecule has 0 amide bonds. The predicted molar refractivity (Wildman–Crippen MR) is 126 cm³/mol. The highest BCUT2D eigenvalue weighted by molar-refractivity contribution is 5.64. The van der Waals surface area contributed by atoms with Gasteiger partial charge in [0.15, 0.2) is 0 Å². The Bertz CT molecular complexity index is 1280. The second-order valence-electron chi connectivity index (χ2n) is 9.75. The molecule has 1 fully saturated rings. The molecule has 0 bridgehead atoms. The van der Waals surface area contributed by atoms with Crippen LogP contribution in [0.25, 0.3) is 0 Å². The van der Waals surface area contributed by atoms with Crippen molar-refractivity contribution in [1.82, 2.24) is 15.0 Å². The third-order valence-electron chi connectivity index (χ3n) is 7.68. The number of H-pyrrole nitrogens is 1. The van der Waals surface area contributed by atoms with Crippen molar-refractivity contribution in [2.24, 2.45) is 0 Å². The minimum Gasteiger partial charge on any atom is -0.364 e. The number of rotatable bonds is 3. The molecule has 8 heteroatoms. The molecule has 34 heavy (non-hydrogen) atoms. The summed E-state index contributed by atoms with van der Waals surface area (Å²) in [4.78, 5) is 28.9. The third kappa shape index (κ3) is 3.56. The van der Waals surface area contributed by atoms with Crippen molar-refractivity contribution in [1.29, 1.82) is 0 Å². The van der Waals surface area contributed by atoms with Crippen LogP contribution < -0.4 is 15.4 Å². The Kier molecular flexibility index (Phi) is 5.12. The number of hydrogen-bond donors (Lipinski definition) is 1. The van der Waals surface area contributed by atoms with Crippen LogP contribution in [0.2, 0.25) is 0 Å². The topological polar surface area (TPSA) is 65.1 Å². The number of benzene rings is 1. The predicted octanol–water partition coefficient (Wildman–Crippen LogP) is 3.88. The molecule has 0 saturated carbocycles. The largest absolute Gasteiger partial charge is 0.364 e. The van der Waals surface area contributed by atoms with E-state index < -0.39 is 17.0 Å². The average Bonchev–Trinajstić information content (AvgIpc) is 3.12. The summed E-state index contributed by atoms with van der Waals surface area (Å²) < 4.78 is 29.4. The molecule has 1 N–H and O–H groups in total. The van der Waals surface area contributed by atoms with Crippen molar-refractivity contribution in [3.8, 4) is 0 Å². The van der Waals surface area contributed by atoms with Crippen molar-refractivity contribution in [3.05, 3.63) is 81.0 Å². The number of anilines is 2. The van der Waals surface area contributed by atoms with E-state index in [9.17, 15) is 9.18 Å². The minimum absolute atomic E-state index is 0.0331. The zero-order valence-corrected chi connectivity index (χ0v) is 19.0. The summed E-state index contributed by atoms with van der Waals surface area (Å²) in [7, 11) is 0. The summed E-state index contributed by atoms with van der Waals surface area (Å²) in [5.41, 5.74) is 3.39. The van der Waals surface area contributed by atoms with Crippen LogP contribution in [0.4, 0.5) is 20.4 Å². The van der Waals surface area contributed by atoms with Gasteiger partial charge in [-0.1, -0.05) is 6.07 Å². The van der Waals surface area contributed by atoms with Gasteiger partial charge < -0.3 is 9.80 Å². The molecular weight excluding hydrogens is 436 g/mol. The molecule has 3 aromatic rings. The van der Waals surface area contributed by atoms with Crippen LogP contribution >= 0.6 is 0 Å². The van der Waals surface area contributed by atoms with Gasteiger partial charge >= 0.3 is 0 Å². The minimum atomic E-state index is -0.562. The molecule has 1 saturated heterocycles. The van der Waals surface area contributed by atoms with Gasteiger partial charge in [-0.2, -0.15) is 0 Å². The fourth-order valence-electron chi connectivity index (χ4n) is 5.99. The van der Waals surface area contributed by atoms with Crippen LogP contribution in [0.1, 0.15) is 48.2 Å².